The first-order valence-corrected chi connectivity index (χ1v) is 7.63. The van der Waals surface area contributed by atoms with Crippen LogP contribution < -0.4 is 14.8 Å². The van der Waals surface area contributed by atoms with Gasteiger partial charge in [0.1, 0.15) is 13.2 Å². The standard InChI is InChI=1S/C15H20ClNO4/c16-12-7-11(8-13-14(12)21-6-5-20-13)9-17-10-15(18)1-3-19-4-2-15/h7-8,17-18H,1-6,9-10H2. The zero-order valence-electron chi connectivity index (χ0n) is 11.9. The fraction of sp³-hybridized carbons (Fsp3) is 0.600. The van der Waals surface area contributed by atoms with Crippen LogP contribution in [0.15, 0.2) is 12.1 Å². The van der Waals surface area contributed by atoms with Gasteiger partial charge in [0, 0.05) is 39.1 Å². The van der Waals surface area contributed by atoms with Crippen LogP contribution in [0.3, 0.4) is 0 Å². The molecule has 6 heteroatoms. The van der Waals surface area contributed by atoms with Gasteiger partial charge in [-0.15, -0.1) is 0 Å². The van der Waals surface area contributed by atoms with Crippen molar-refractivity contribution in [1.29, 1.82) is 0 Å². The Balaban J connectivity index is 1.59. The third-order valence-electron chi connectivity index (χ3n) is 3.86. The largest absolute Gasteiger partial charge is 0.486 e. The summed E-state index contributed by atoms with van der Waals surface area (Å²) in [6.07, 6.45) is 1.34. The number of hydrogen-bond donors (Lipinski definition) is 2. The summed E-state index contributed by atoms with van der Waals surface area (Å²) in [5.41, 5.74) is 0.343. The molecule has 0 atom stereocenters. The molecule has 1 aromatic rings. The Labute approximate surface area is 129 Å². The molecule has 1 fully saturated rings. The fourth-order valence-electron chi connectivity index (χ4n) is 2.63. The van der Waals surface area contributed by atoms with E-state index in [-0.39, 0.29) is 0 Å². The molecule has 0 aliphatic carbocycles. The molecule has 2 aliphatic rings. The van der Waals surface area contributed by atoms with E-state index in [0.29, 0.717) is 68.9 Å². The number of benzene rings is 1. The van der Waals surface area contributed by atoms with E-state index in [2.05, 4.69) is 5.32 Å². The summed E-state index contributed by atoms with van der Waals surface area (Å²) < 4.78 is 16.3. The van der Waals surface area contributed by atoms with Gasteiger partial charge in [-0.1, -0.05) is 11.6 Å². The minimum absolute atomic E-state index is 0.527. The summed E-state index contributed by atoms with van der Waals surface area (Å²) >= 11 is 6.20. The number of ether oxygens (including phenoxy) is 3. The molecule has 2 N–H and O–H groups in total. The molecular weight excluding hydrogens is 294 g/mol. The summed E-state index contributed by atoms with van der Waals surface area (Å²) in [4.78, 5) is 0. The van der Waals surface area contributed by atoms with Gasteiger partial charge < -0.3 is 24.6 Å². The Kier molecular flexibility index (Phi) is 4.54. The maximum Gasteiger partial charge on any atom is 0.179 e. The first-order valence-electron chi connectivity index (χ1n) is 7.25. The zero-order valence-corrected chi connectivity index (χ0v) is 12.6. The van der Waals surface area contributed by atoms with Gasteiger partial charge in [-0.25, -0.2) is 0 Å². The summed E-state index contributed by atoms with van der Waals surface area (Å²) in [7, 11) is 0. The van der Waals surface area contributed by atoms with Crippen molar-refractivity contribution in [2.75, 3.05) is 33.0 Å². The minimum Gasteiger partial charge on any atom is -0.486 e. The quantitative estimate of drug-likeness (QED) is 0.887. The molecule has 0 radical (unpaired) electrons. The van der Waals surface area contributed by atoms with Crippen molar-refractivity contribution in [2.45, 2.75) is 25.0 Å². The number of nitrogens with one attached hydrogen (secondary N) is 1. The molecule has 0 unspecified atom stereocenters. The maximum absolute atomic E-state index is 10.4. The van der Waals surface area contributed by atoms with Crippen molar-refractivity contribution in [3.63, 3.8) is 0 Å². The second kappa shape index (κ2) is 6.40. The molecule has 21 heavy (non-hydrogen) atoms. The summed E-state index contributed by atoms with van der Waals surface area (Å²) in [5, 5.41) is 14.2. The highest BCUT2D eigenvalue weighted by atomic mass is 35.5. The van der Waals surface area contributed by atoms with E-state index in [1.165, 1.54) is 0 Å². The third-order valence-corrected chi connectivity index (χ3v) is 4.14. The predicted molar refractivity (Wildman–Crippen MR) is 79.2 cm³/mol. The fourth-order valence-corrected chi connectivity index (χ4v) is 2.92. The van der Waals surface area contributed by atoms with Gasteiger partial charge in [-0.2, -0.15) is 0 Å². The van der Waals surface area contributed by atoms with Crippen LogP contribution in [0.1, 0.15) is 18.4 Å². The van der Waals surface area contributed by atoms with E-state index in [4.69, 9.17) is 25.8 Å². The van der Waals surface area contributed by atoms with E-state index in [1.807, 2.05) is 12.1 Å². The van der Waals surface area contributed by atoms with Crippen LogP contribution in [0.4, 0.5) is 0 Å². The maximum atomic E-state index is 10.4. The van der Waals surface area contributed by atoms with Crippen LogP contribution in [0.25, 0.3) is 0 Å². The highest BCUT2D eigenvalue weighted by Crippen LogP contribution is 2.38. The predicted octanol–water partition coefficient (Wildman–Crippen LogP) is 1.74. The molecule has 0 aromatic heterocycles. The molecule has 2 heterocycles. The highest BCUT2D eigenvalue weighted by Gasteiger charge is 2.29. The monoisotopic (exact) mass is 313 g/mol. The van der Waals surface area contributed by atoms with Gasteiger partial charge >= 0.3 is 0 Å². The third kappa shape index (κ3) is 3.61. The summed E-state index contributed by atoms with van der Waals surface area (Å²) in [6.45, 7) is 3.48. The van der Waals surface area contributed by atoms with Crippen molar-refractivity contribution in [2.24, 2.45) is 0 Å². The normalized spacial score (nSPS) is 20.3. The lowest BCUT2D eigenvalue weighted by atomic mass is 9.94. The molecule has 0 amide bonds. The Bertz CT molecular complexity index is 503. The van der Waals surface area contributed by atoms with Crippen LogP contribution in [-0.2, 0) is 11.3 Å². The SMILES string of the molecule is OC1(CNCc2cc(Cl)c3c(c2)OCCO3)CCOCC1. The number of rotatable bonds is 4. The first-order chi connectivity index (χ1) is 10.2. The van der Waals surface area contributed by atoms with Crippen molar-refractivity contribution in [1.82, 2.24) is 5.32 Å². The molecule has 3 rings (SSSR count). The molecule has 116 valence electrons. The van der Waals surface area contributed by atoms with Crippen molar-refractivity contribution >= 4 is 11.6 Å². The molecule has 1 saturated heterocycles. The van der Waals surface area contributed by atoms with E-state index in [9.17, 15) is 5.11 Å². The molecule has 0 saturated carbocycles. The lowest BCUT2D eigenvalue weighted by molar-refractivity contribution is -0.0617. The summed E-state index contributed by atoms with van der Waals surface area (Å²) in [6, 6.07) is 3.80. The van der Waals surface area contributed by atoms with Crippen molar-refractivity contribution in [3.05, 3.63) is 22.7 Å². The Morgan fingerprint density at radius 3 is 2.71 bits per heavy atom. The van der Waals surface area contributed by atoms with Gasteiger partial charge in [-0.05, 0) is 17.7 Å². The minimum atomic E-state index is -0.671. The smallest absolute Gasteiger partial charge is 0.179 e. The van der Waals surface area contributed by atoms with E-state index in [0.717, 1.165) is 5.56 Å². The van der Waals surface area contributed by atoms with Crippen LogP contribution in [0.5, 0.6) is 11.5 Å². The van der Waals surface area contributed by atoms with E-state index in [1.54, 1.807) is 0 Å². The summed E-state index contributed by atoms with van der Waals surface area (Å²) in [5.74, 6) is 1.31. The van der Waals surface area contributed by atoms with E-state index < -0.39 is 5.60 Å². The molecular formula is C15H20ClNO4. The lowest BCUT2D eigenvalue weighted by Gasteiger charge is -2.32. The number of fused-ring (bicyclic) bond motifs is 1. The second-order valence-electron chi connectivity index (χ2n) is 5.54. The van der Waals surface area contributed by atoms with Crippen LogP contribution in [-0.4, -0.2) is 43.7 Å². The van der Waals surface area contributed by atoms with Gasteiger partial charge in [0.05, 0.1) is 10.6 Å². The molecule has 0 spiro atoms. The molecule has 1 aromatic carbocycles. The van der Waals surface area contributed by atoms with Crippen molar-refractivity contribution < 1.29 is 19.3 Å². The van der Waals surface area contributed by atoms with Crippen LogP contribution in [0.2, 0.25) is 5.02 Å². The second-order valence-corrected chi connectivity index (χ2v) is 5.95. The number of halogens is 1. The van der Waals surface area contributed by atoms with Gasteiger partial charge in [0.2, 0.25) is 0 Å². The lowest BCUT2D eigenvalue weighted by Crippen LogP contribution is -2.44. The van der Waals surface area contributed by atoms with Crippen LogP contribution in [0, 0.1) is 0 Å². The van der Waals surface area contributed by atoms with E-state index >= 15 is 0 Å². The molecule has 0 bridgehead atoms. The van der Waals surface area contributed by atoms with Crippen molar-refractivity contribution in [3.8, 4) is 11.5 Å². The first kappa shape index (κ1) is 14.9. The number of aliphatic hydroxyl groups is 1. The van der Waals surface area contributed by atoms with Gasteiger partial charge in [0.15, 0.2) is 11.5 Å². The molecule has 2 aliphatic heterocycles. The average molecular weight is 314 g/mol. The van der Waals surface area contributed by atoms with Crippen LogP contribution >= 0.6 is 11.6 Å². The Morgan fingerprint density at radius 2 is 1.90 bits per heavy atom. The van der Waals surface area contributed by atoms with Gasteiger partial charge in [0.25, 0.3) is 0 Å². The number of hydrogen-bond acceptors (Lipinski definition) is 5. The Morgan fingerprint density at radius 1 is 1.14 bits per heavy atom. The van der Waals surface area contributed by atoms with Gasteiger partial charge in [-0.3, -0.25) is 0 Å². The highest BCUT2D eigenvalue weighted by molar-refractivity contribution is 6.32. The average Bonchev–Trinajstić information content (AvgIpc) is 2.48. The Hall–Kier alpha value is -1.01. The topological polar surface area (TPSA) is 60.0 Å². The molecule has 5 nitrogen and oxygen atoms in total. The zero-order chi connectivity index (χ0) is 14.7.